The number of anilines is 1. The van der Waals surface area contributed by atoms with Crippen LogP contribution in [0.3, 0.4) is 0 Å². The van der Waals surface area contributed by atoms with Gasteiger partial charge < -0.3 is 18.9 Å². The lowest BCUT2D eigenvalue weighted by atomic mass is 9.80. The van der Waals surface area contributed by atoms with Gasteiger partial charge in [0.15, 0.2) is 0 Å². The number of hydrogen-bond acceptors (Lipinski definition) is 5. The van der Waals surface area contributed by atoms with E-state index < -0.39 is 7.12 Å². The van der Waals surface area contributed by atoms with Gasteiger partial charge in [-0.05, 0) is 39.3 Å². The Hall–Kier alpha value is -2.05. The fourth-order valence-electron chi connectivity index (χ4n) is 2.94. The van der Waals surface area contributed by atoms with Gasteiger partial charge in [-0.2, -0.15) is 0 Å². The molecule has 0 radical (unpaired) electrons. The van der Waals surface area contributed by atoms with Gasteiger partial charge in [0.05, 0.1) is 24.0 Å². The third-order valence-corrected chi connectivity index (χ3v) is 5.25. The van der Waals surface area contributed by atoms with Crippen molar-refractivity contribution in [1.29, 1.82) is 0 Å². The second-order valence-corrected chi connectivity index (χ2v) is 7.73. The minimum Gasteiger partial charge on any atom is -0.480 e. The summed E-state index contributed by atoms with van der Waals surface area (Å²) in [7, 11) is 3.22. The molecule has 1 saturated heterocycles. The van der Waals surface area contributed by atoms with Gasteiger partial charge in [0.1, 0.15) is 0 Å². The standard InChI is InChI=1S/C20H27BN2O3/c1-19(2)20(3,4)26-21(25-19)16-12-17(18(24-6)22-13-16)23(5)14-15-10-8-7-9-11-15/h7-13H,14H2,1-6H3. The maximum atomic E-state index is 6.16. The van der Waals surface area contributed by atoms with Crippen molar-refractivity contribution in [2.24, 2.45) is 0 Å². The molecular weight excluding hydrogens is 327 g/mol. The van der Waals surface area contributed by atoms with Crippen LogP contribution >= 0.6 is 0 Å². The molecule has 0 atom stereocenters. The molecule has 138 valence electrons. The third kappa shape index (κ3) is 3.57. The van der Waals surface area contributed by atoms with Gasteiger partial charge in [-0.1, -0.05) is 30.3 Å². The number of methoxy groups -OCH3 is 1. The molecule has 1 aliphatic rings. The lowest BCUT2D eigenvalue weighted by molar-refractivity contribution is 0.00578. The first-order valence-corrected chi connectivity index (χ1v) is 8.88. The molecule has 0 bridgehead atoms. The van der Waals surface area contributed by atoms with Crippen LogP contribution in [0.4, 0.5) is 5.69 Å². The monoisotopic (exact) mass is 354 g/mol. The number of ether oxygens (including phenoxy) is 1. The van der Waals surface area contributed by atoms with Crippen LogP contribution in [0.15, 0.2) is 42.6 Å². The first-order valence-electron chi connectivity index (χ1n) is 8.88. The molecule has 2 heterocycles. The van der Waals surface area contributed by atoms with Crippen molar-refractivity contribution in [3.05, 3.63) is 48.2 Å². The van der Waals surface area contributed by atoms with Crippen LogP contribution in [0, 0.1) is 0 Å². The van der Waals surface area contributed by atoms with Gasteiger partial charge in [0, 0.05) is 25.3 Å². The summed E-state index contributed by atoms with van der Waals surface area (Å²) in [6, 6.07) is 12.4. The molecule has 0 unspecified atom stereocenters. The second-order valence-electron chi connectivity index (χ2n) is 7.73. The highest BCUT2D eigenvalue weighted by Crippen LogP contribution is 2.37. The third-order valence-electron chi connectivity index (χ3n) is 5.25. The van der Waals surface area contributed by atoms with E-state index in [1.54, 1.807) is 13.3 Å². The largest absolute Gasteiger partial charge is 0.496 e. The van der Waals surface area contributed by atoms with E-state index in [-0.39, 0.29) is 11.2 Å². The molecule has 0 amide bonds. The molecule has 5 nitrogen and oxygen atoms in total. The van der Waals surface area contributed by atoms with Crippen molar-refractivity contribution < 1.29 is 14.0 Å². The van der Waals surface area contributed by atoms with E-state index in [0.29, 0.717) is 5.88 Å². The van der Waals surface area contributed by atoms with Crippen LogP contribution in [0.25, 0.3) is 0 Å². The van der Waals surface area contributed by atoms with Gasteiger partial charge in [-0.15, -0.1) is 0 Å². The first-order chi connectivity index (χ1) is 12.2. The van der Waals surface area contributed by atoms with E-state index >= 15 is 0 Å². The van der Waals surface area contributed by atoms with Crippen molar-refractivity contribution >= 4 is 18.3 Å². The zero-order valence-corrected chi connectivity index (χ0v) is 16.4. The molecule has 0 N–H and O–H groups in total. The summed E-state index contributed by atoms with van der Waals surface area (Å²) in [5, 5.41) is 0. The summed E-state index contributed by atoms with van der Waals surface area (Å²) in [6.07, 6.45) is 1.76. The molecule has 3 rings (SSSR count). The highest BCUT2D eigenvalue weighted by atomic mass is 16.7. The van der Waals surface area contributed by atoms with E-state index in [2.05, 4.69) is 22.0 Å². The SMILES string of the molecule is COc1ncc(B2OC(C)(C)C(C)(C)O2)cc1N(C)Cc1ccccc1. The molecular formula is C20H27BN2O3. The Morgan fingerprint density at radius 2 is 1.69 bits per heavy atom. The summed E-state index contributed by atoms with van der Waals surface area (Å²) < 4.78 is 17.8. The molecule has 0 spiro atoms. The number of rotatable bonds is 5. The van der Waals surface area contributed by atoms with Crippen molar-refractivity contribution in [3.63, 3.8) is 0 Å². The lowest BCUT2D eigenvalue weighted by Gasteiger charge is -2.32. The summed E-state index contributed by atoms with van der Waals surface area (Å²) >= 11 is 0. The molecule has 1 aromatic heterocycles. The number of pyridine rings is 1. The van der Waals surface area contributed by atoms with Gasteiger partial charge in [-0.3, -0.25) is 0 Å². The summed E-state index contributed by atoms with van der Waals surface area (Å²) in [5.74, 6) is 0.587. The molecule has 0 saturated carbocycles. The number of nitrogens with zero attached hydrogens (tertiary/aromatic N) is 2. The van der Waals surface area contributed by atoms with Crippen LogP contribution in [0.2, 0.25) is 0 Å². The molecule has 1 fully saturated rings. The van der Waals surface area contributed by atoms with Gasteiger partial charge >= 0.3 is 7.12 Å². The maximum Gasteiger partial charge on any atom is 0.496 e. The van der Waals surface area contributed by atoms with Gasteiger partial charge in [0.25, 0.3) is 0 Å². The quantitative estimate of drug-likeness (QED) is 0.773. The van der Waals surface area contributed by atoms with E-state index in [1.807, 2.05) is 59.0 Å². The number of benzene rings is 1. The Balaban J connectivity index is 1.88. The van der Waals surface area contributed by atoms with Crippen molar-refractivity contribution in [2.75, 3.05) is 19.1 Å². The highest BCUT2D eigenvalue weighted by molar-refractivity contribution is 6.62. The summed E-state index contributed by atoms with van der Waals surface area (Å²) in [5.41, 5.74) is 2.25. The Bertz CT molecular complexity index is 749. The maximum absolute atomic E-state index is 6.16. The van der Waals surface area contributed by atoms with Crippen LogP contribution in [0.5, 0.6) is 5.88 Å². The van der Waals surface area contributed by atoms with E-state index in [1.165, 1.54) is 5.56 Å². The molecule has 2 aromatic rings. The zero-order valence-electron chi connectivity index (χ0n) is 16.4. The fraction of sp³-hybridized carbons (Fsp3) is 0.450. The molecule has 0 aliphatic carbocycles. The van der Waals surface area contributed by atoms with Crippen molar-refractivity contribution in [1.82, 2.24) is 4.98 Å². The average Bonchev–Trinajstić information content (AvgIpc) is 2.83. The van der Waals surface area contributed by atoms with Gasteiger partial charge in [0.2, 0.25) is 5.88 Å². The molecule has 1 aromatic carbocycles. The minimum absolute atomic E-state index is 0.381. The van der Waals surface area contributed by atoms with Crippen molar-refractivity contribution in [2.45, 2.75) is 45.4 Å². The normalized spacial score (nSPS) is 18.0. The van der Waals surface area contributed by atoms with Crippen LogP contribution < -0.4 is 15.1 Å². The van der Waals surface area contributed by atoms with Crippen LogP contribution in [-0.4, -0.2) is 37.5 Å². The minimum atomic E-state index is -0.442. The van der Waals surface area contributed by atoms with Crippen LogP contribution in [-0.2, 0) is 15.9 Å². The van der Waals surface area contributed by atoms with Crippen molar-refractivity contribution in [3.8, 4) is 5.88 Å². The summed E-state index contributed by atoms with van der Waals surface area (Å²) in [4.78, 5) is 6.60. The first kappa shape index (κ1) is 18.7. The Morgan fingerprint density at radius 3 is 2.27 bits per heavy atom. The predicted octanol–water partition coefficient (Wildman–Crippen LogP) is 3.03. The Morgan fingerprint density at radius 1 is 1.08 bits per heavy atom. The molecule has 26 heavy (non-hydrogen) atoms. The lowest BCUT2D eigenvalue weighted by Crippen LogP contribution is -2.41. The Labute approximate surface area is 156 Å². The predicted molar refractivity (Wildman–Crippen MR) is 105 cm³/mol. The topological polar surface area (TPSA) is 43.8 Å². The number of aromatic nitrogens is 1. The van der Waals surface area contributed by atoms with Crippen LogP contribution in [0.1, 0.15) is 33.3 Å². The zero-order chi connectivity index (χ0) is 18.9. The summed E-state index contributed by atoms with van der Waals surface area (Å²) in [6.45, 7) is 8.95. The molecule has 1 aliphatic heterocycles. The van der Waals surface area contributed by atoms with E-state index in [4.69, 9.17) is 14.0 Å². The average molecular weight is 354 g/mol. The van der Waals surface area contributed by atoms with E-state index in [0.717, 1.165) is 17.7 Å². The van der Waals surface area contributed by atoms with E-state index in [9.17, 15) is 0 Å². The Kier molecular flexibility index (Phi) is 4.99. The molecule has 6 heteroatoms. The van der Waals surface area contributed by atoms with Gasteiger partial charge in [-0.25, -0.2) is 4.98 Å². The highest BCUT2D eigenvalue weighted by Gasteiger charge is 2.52. The fourth-order valence-corrected chi connectivity index (χ4v) is 2.94. The smallest absolute Gasteiger partial charge is 0.480 e. The number of hydrogen-bond donors (Lipinski definition) is 0. The second kappa shape index (κ2) is 6.93.